The third-order valence-electron chi connectivity index (χ3n) is 12.0. The predicted octanol–water partition coefficient (Wildman–Crippen LogP) is 14.8. The van der Waals surface area contributed by atoms with E-state index in [2.05, 4.69) is 141 Å². The topological polar surface area (TPSA) is 47.9 Å². The highest BCUT2D eigenvalue weighted by molar-refractivity contribution is 5.52. The lowest BCUT2D eigenvalue weighted by Gasteiger charge is -2.35. The number of ether oxygens (including phenoxy) is 3. The number of unbranched alkanes of at least 4 members (excludes halogenated alkanes) is 9. The first-order chi connectivity index (χ1) is 27.8. The third kappa shape index (κ3) is 13.6. The Balaban J connectivity index is 1.76. The van der Waals surface area contributed by atoms with Crippen LogP contribution in [0.25, 0.3) is 0 Å². The van der Waals surface area contributed by atoms with E-state index in [-0.39, 0.29) is 16.2 Å². The van der Waals surface area contributed by atoms with Crippen molar-refractivity contribution in [3.05, 3.63) is 118 Å². The lowest BCUT2D eigenvalue weighted by molar-refractivity contribution is 0.294. The van der Waals surface area contributed by atoms with Crippen LogP contribution in [0.2, 0.25) is 0 Å². The maximum atomic E-state index is 12.0. The van der Waals surface area contributed by atoms with Crippen LogP contribution in [-0.2, 0) is 35.5 Å². The first-order valence-electron chi connectivity index (χ1n) is 22.8. The molecule has 0 spiro atoms. The molecule has 0 fully saturated rings. The molecule has 0 atom stereocenters. The van der Waals surface area contributed by atoms with Crippen LogP contribution in [0.3, 0.4) is 0 Å². The molecule has 0 aliphatic heterocycles. The van der Waals surface area contributed by atoms with Crippen LogP contribution in [0, 0.1) is 0 Å². The summed E-state index contributed by atoms with van der Waals surface area (Å²) in [5, 5.41) is 12.0. The zero-order chi connectivity index (χ0) is 42.0. The van der Waals surface area contributed by atoms with Crippen molar-refractivity contribution in [2.75, 3.05) is 19.8 Å². The van der Waals surface area contributed by atoms with Gasteiger partial charge in [-0.05, 0) is 95.7 Å². The van der Waals surface area contributed by atoms with Crippen molar-refractivity contribution in [1.82, 2.24) is 0 Å². The number of rotatable bonds is 27. The molecule has 0 unspecified atom stereocenters. The fourth-order valence-electron chi connectivity index (χ4n) is 8.55. The van der Waals surface area contributed by atoms with E-state index in [1.54, 1.807) is 0 Å². The van der Waals surface area contributed by atoms with E-state index in [9.17, 15) is 5.11 Å². The number of phenolic OH excluding ortho intramolecular Hbond substituents is 1. The van der Waals surface area contributed by atoms with Crippen LogP contribution in [0.1, 0.15) is 173 Å². The van der Waals surface area contributed by atoms with Crippen LogP contribution in [0.15, 0.2) is 84.9 Å². The molecule has 4 aromatic carbocycles. The number of aromatic hydroxyl groups is 1. The Bertz CT molecular complexity index is 1800. The molecule has 0 aliphatic carbocycles. The van der Waals surface area contributed by atoms with Crippen molar-refractivity contribution < 1.29 is 19.3 Å². The second kappa shape index (κ2) is 23.0. The van der Waals surface area contributed by atoms with Crippen LogP contribution in [0.4, 0.5) is 0 Å². The van der Waals surface area contributed by atoms with Crippen LogP contribution >= 0.6 is 0 Å². The van der Waals surface area contributed by atoms with Crippen LogP contribution in [-0.4, -0.2) is 24.9 Å². The maximum Gasteiger partial charge on any atom is 0.123 e. The quantitative estimate of drug-likeness (QED) is 0.0611. The van der Waals surface area contributed by atoms with Gasteiger partial charge in [0.05, 0.1) is 19.8 Å². The standard InChI is InChI=1S/C54H78O4/c1-10-13-16-25-36-56-49-31-22-19-28-45(49)52(4,5)39-42-34-35-48(55)44(41-54(8,9)47-30-21-24-33-51(47)58-38-27-18-15-12-3)43(42)40-53(6,7)46-29-20-23-32-50(46)57-37-26-17-14-11-2/h19-24,28-35,55H,10-18,25-27,36-41H2,1-9H3. The van der Waals surface area contributed by atoms with E-state index in [0.717, 1.165) is 68.1 Å². The lowest BCUT2D eigenvalue weighted by Crippen LogP contribution is -2.28. The highest BCUT2D eigenvalue weighted by atomic mass is 16.5. The van der Waals surface area contributed by atoms with Crippen LogP contribution in [0.5, 0.6) is 23.0 Å². The van der Waals surface area contributed by atoms with E-state index in [0.29, 0.717) is 18.8 Å². The molecule has 0 aliphatic rings. The molecule has 58 heavy (non-hydrogen) atoms. The molecule has 4 nitrogen and oxygen atoms in total. The first-order valence-corrected chi connectivity index (χ1v) is 22.8. The highest BCUT2D eigenvalue weighted by Gasteiger charge is 2.34. The molecule has 4 rings (SSSR count). The molecule has 0 radical (unpaired) electrons. The van der Waals surface area contributed by atoms with Gasteiger partial charge in [-0.3, -0.25) is 0 Å². The molecular weight excluding hydrogens is 713 g/mol. The Labute approximate surface area is 354 Å². The smallest absolute Gasteiger partial charge is 0.123 e. The summed E-state index contributed by atoms with van der Waals surface area (Å²) in [5.41, 5.74) is 6.26. The molecule has 318 valence electrons. The van der Waals surface area contributed by atoms with Gasteiger partial charge < -0.3 is 19.3 Å². The Morgan fingerprint density at radius 3 is 1.12 bits per heavy atom. The minimum absolute atomic E-state index is 0.236. The third-order valence-corrected chi connectivity index (χ3v) is 12.0. The summed E-state index contributed by atoms with van der Waals surface area (Å²) in [4.78, 5) is 0. The van der Waals surface area contributed by atoms with E-state index in [4.69, 9.17) is 14.2 Å². The van der Waals surface area contributed by atoms with E-state index in [1.165, 1.54) is 85.6 Å². The fraction of sp³-hybridized carbons (Fsp3) is 0.556. The average molecular weight is 791 g/mol. The van der Waals surface area contributed by atoms with Crippen molar-refractivity contribution in [3.63, 3.8) is 0 Å². The van der Waals surface area contributed by atoms with Crippen molar-refractivity contribution in [2.45, 2.75) is 175 Å². The van der Waals surface area contributed by atoms with Gasteiger partial charge in [0.15, 0.2) is 0 Å². The Morgan fingerprint density at radius 1 is 0.397 bits per heavy atom. The molecule has 0 aromatic heterocycles. The van der Waals surface area contributed by atoms with E-state index < -0.39 is 0 Å². The summed E-state index contributed by atoms with van der Waals surface area (Å²) in [7, 11) is 0. The van der Waals surface area contributed by atoms with Gasteiger partial charge in [-0.2, -0.15) is 0 Å². The van der Waals surface area contributed by atoms with Crippen molar-refractivity contribution in [3.8, 4) is 23.0 Å². The van der Waals surface area contributed by atoms with Gasteiger partial charge in [-0.1, -0.05) is 181 Å². The first kappa shape index (κ1) is 46.8. The maximum absolute atomic E-state index is 12.0. The highest BCUT2D eigenvalue weighted by Crippen LogP contribution is 2.44. The Hall–Kier alpha value is -3.92. The van der Waals surface area contributed by atoms with Crippen molar-refractivity contribution in [1.29, 1.82) is 0 Å². The Kier molecular flexibility index (Phi) is 18.6. The molecule has 0 heterocycles. The molecule has 4 heteroatoms. The Morgan fingerprint density at radius 2 is 0.741 bits per heavy atom. The number of hydrogen-bond donors (Lipinski definition) is 1. The van der Waals surface area contributed by atoms with Gasteiger partial charge in [0.25, 0.3) is 0 Å². The molecule has 0 bridgehead atoms. The van der Waals surface area contributed by atoms with Crippen molar-refractivity contribution in [2.24, 2.45) is 0 Å². The monoisotopic (exact) mass is 791 g/mol. The number of phenols is 1. The van der Waals surface area contributed by atoms with Gasteiger partial charge in [0, 0.05) is 16.7 Å². The van der Waals surface area contributed by atoms with E-state index >= 15 is 0 Å². The summed E-state index contributed by atoms with van der Waals surface area (Å²) in [6.07, 6.45) is 16.3. The predicted molar refractivity (Wildman–Crippen MR) is 247 cm³/mol. The molecule has 0 saturated carbocycles. The number of benzene rings is 4. The molecular formula is C54H78O4. The summed E-state index contributed by atoms with van der Waals surface area (Å²) < 4.78 is 19.5. The molecule has 0 amide bonds. The number of hydrogen-bond acceptors (Lipinski definition) is 4. The fourth-order valence-corrected chi connectivity index (χ4v) is 8.55. The average Bonchev–Trinajstić information content (AvgIpc) is 3.20. The summed E-state index contributed by atoms with van der Waals surface area (Å²) in [5.74, 6) is 3.24. The van der Waals surface area contributed by atoms with E-state index in [1.807, 2.05) is 6.07 Å². The summed E-state index contributed by atoms with van der Waals surface area (Å²) in [6, 6.07) is 29.8. The zero-order valence-corrected chi connectivity index (χ0v) is 38.0. The molecule has 4 aromatic rings. The van der Waals surface area contributed by atoms with Gasteiger partial charge >= 0.3 is 0 Å². The van der Waals surface area contributed by atoms with Crippen LogP contribution < -0.4 is 14.2 Å². The largest absolute Gasteiger partial charge is 0.508 e. The minimum Gasteiger partial charge on any atom is -0.508 e. The van der Waals surface area contributed by atoms with Gasteiger partial charge in [-0.25, -0.2) is 0 Å². The van der Waals surface area contributed by atoms with Crippen molar-refractivity contribution >= 4 is 0 Å². The van der Waals surface area contributed by atoms with Gasteiger partial charge in [0.1, 0.15) is 23.0 Å². The summed E-state index contributed by atoms with van der Waals surface area (Å²) in [6.45, 7) is 22.9. The summed E-state index contributed by atoms with van der Waals surface area (Å²) >= 11 is 0. The SMILES string of the molecule is CCCCCCOc1ccccc1C(C)(C)Cc1ccc(O)c(CC(C)(C)c2ccccc2OCCCCCC)c1CC(C)(C)c1ccccc1OCCCCCC. The molecule has 1 N–H and O–H groups in total. The van der Waals surface area contributed by atoms with Gasteiger partial charge in [0.2, 0.25) is 0 Å². The molecule has 0 saturated heterocycles. The van der Waals surface area contributed by atoms with Gasteiger partial charge in [-0.15, -0.1) is 0 Å². The minimum atomic E-state index is -0.317. The second-order valence-corrected chi connectivity index (χ2v) is 18.6. The lowest BCUT2D eigenvalue weighted by atomic mass is 9.70. The second-order valence-electron chi connectivity index (χ2n) is 18.6. The normalized spacial score (nSPS) is 12.2. The zero-order valence-electron chi connectivity index (χ0n) is 38.0. The number of para-hydroxylation sites is 3.